The van der Waals surface area contributed by atoms with E-state index in [-0.39, 0.29) is 18.3 Å². The second-order valence-electron chi connectivity index (χ2n) is 3.61. The van der Waals surface area contributed by atoms with Crippen LogP contribution >= 0.6 is 0 Å². The van der Waals surface area contributed by atoms with E-state index in [1.165, 1.54) is 13.8 Å². The Morgan fingerprint density at radius 3 is 2.23 bits per heavy atom. The zero-order valence-corrected chi connectivity index (χ0v) is 8.46. The van der Waals surface area contributed by atoms with Crippen molar-refractivity contribution in [3.05, 3.63) is 0 Å². The monoisotopic (exact) mass is 188 g/mol. The van der Waals surface area contributed by atoms with Crippen LogP contribution in [0.15, 0.2) is 0 Å². The number of ether oxygens (including phenoxy) is 1. The van der Waals surface area contributed by atoms with E-state index in [2.05, 4.69) is 0 Å². The summed E-state index contributed by atoms with van der Waals surface area (Å²) in [5.74, 6) is -0.997. The van der Waals surface area contributed by atoms with Crippen molar-refractivity contribution in [1.82, 2.24) is 0 Å². The Morgan fingerprint density at radius 2 is 1.92 bits per heavy atom. The van der Waals surface area contributed by atoms with Crippen LogP contribution in [0.4, 0.5) is 0 Å². The quantitative estimate of drug-likeness (QED) is 0.658. The number of hydrogen-bond acceptors (Lipinski definition) is 4. The first kappa shape index (κ1) is 12.1. The second-order valence-corrected chi connectivity index (χ2v) is 3.61. The van der Waals surface area contributed by atoms with E-state index >= 15 is 0 Å². The molecule has 1 unspecified atom stereocenters. The van der Waals surface area contributed by atoms with Crippen molar-refractivity contribution in [3.63, 3.8) is 0 Å². The van der Waals surface area contributed by atoms with E-state index in [0.29, 0.717) is 0 Å². The Bertz CT molecular complexity index is 206. The average molecular weight is 188 g/mol. The van der Waals surface area contributed by atoms with Crippen molar-refractivity contribution in [2.24, 2.45) is 0 Å². The third kappa shape index (κ3) is 4.62. The summed E-state index contributed by atoms with van der Waals surface area (Å²) < 4.78 is 4.77. The van der Waals surface area contributed by atoms with Crippen molar-refractivity contribution in [3.8, 4) is 0 Å². The van der Waals surface area contributed by atoms with Crippen molar-refractivity contribution >= 4 is 11.8 Å². The molecule has 1 atom stereocenters. The molecule has 0 aromatic heterocycles. The van der Waals surface area contributed by atoms with Crippen LogP contribution in [-0.4, -0.2) is 28.6 Å². The molecule has 0 rings (SSSR count). The zero-order chi connectivity index (χ0) is 10.6. The minimum Gasteiger partial charge on any atom is -0.461 e. The molecule has 4 nitrogen and oxygen atoms in total. The molecule has 0 aliphatic rings. The molecule has 0 radical (unpaired) electrons. The fraction of sp³-hybridized carbons (Fsp3) is 0.778. The molecule has 0 aromatic carbocycles. The maximum absolute atomic E-state index is 11.2. The van der Waals surface area contributed by atoms with Gasteiger partial charge in [0.05, 0.1) is 6.10 Å². The maximum atomic E-state index is 11.2. The first-order valence-corrected chi connectivity index (χ1v) is 4.18. The molecule has 0 aromatic rings. The summed E-state index contributed by atoms with van der Waals surface area (Å²) in [5.41, 5.74) is -1.70. The molecule has 0 fully saturated rings. The van der Waals surface area contributed by atoms with Gasteiger partial charge >= 0.3 is 5.97 Å². The summed E-state index contributed by atoms with van der Waals surface area (Å²) in [7, 11) is 0. The highest BCUT2D eigenvalue weighted by molar-refractivity contribution is 5.87. The van der Waals surface area contributed by atoms with E-state index in [1.54, 1.807) is 13.8 Å². The molecule has 76 valence electrons. The van der Waals surface area contributed by atoms with Crippen molar-refractivity contribution in [1.29, 1.82) is 0 Å². The zero-order valence-electron chi connectivity index (χ0n) is 8.46. The molecule has 4 heteroatoms. The van der Waals surface area contributed by atoms with Crippen LogP contribution in [0, 0.1) is 0 Å². The number of rotatable bonds is 4. The third-order valence-electron chi connectivity index (χ3n) is 1.38. The lowest BCUT2D eigenvalue weighted by atomic mass is 10.0. The van der Waals surface area contributed by atoms with Crippen LogP contribution in [0.3, 0.4) is 0 Å². The average Bonchev–Trinajstić information content (AvgIpc) is 1.81. The normalized spacial score (nSPS) is 15.2. The number of carbonyl (C=O) groups excluding carboxylic acids is 2. The number of aliphatic hydroxyl groups is 1. The summed E-state index contributed by atoms with van der Waals surface area (Å²) >= 11 is 0. The lowest BCUT2D eigenvalue weighted by molar-refractivity contribution is -0.169. The van der Waals surface area contributed by atoms with Gasteiger partial charge in [-0.3, -0.25) is 4.79 Å². The van der Waals surface area contributed by atoms with Crippen molar-refractivity contribution in [2.45, 2.75) is 45.8 Å². The Morgan fingerprint density at radius 1 is 1.46 bits per heavy atom. The van der Waals surface area contributed by atoms with Crippen LogP contribution in [-0.2, 0) is 14.3 Å². The van der Waals surface area contributed by atoms with Crippen LogP contribution in [0.25, 0.3) is 0 Å². The fourth-order valence-electron chi connectivity index (χ4n) is 0.898. The van der Waals surface area contributed by atoms with E-state index in [4.69, 9.17) is 4.74 Å². The first-order valence-electron chi connectivity index (χ1n) is 4.18. The van der Waals surface area contributed by atoms with Gasteiger partial charge in [-0.15, -0.1) is 0 Å². The molecule has 0 saturated carbocycles. The lowest BCUT2D eigenvalue weighted by Crippen LogP contribution is -2.39. The van der Waals surface area contributed by atoms with Crippen LogP contribution in [0.5, 0.6) is 0 Å². The minimum absolute atomic E-state index is 0.210. The van der Waals surface area contributed by atoms with E-state index in [0.717, 1.165) is 0 Å². The molecule has 0 saturated heterocycles. The molecule has 0 aliphatic heterocycles. The van der Waals surface area contributed by atoms with Gasteiger partial charge in [-0.05, 0) is 27.7 Å². The number of ketones is 1. The van der Waals surface area contributed by atoms with Gasteiger partial charge in [-0.2, -0.15) is 0 Å². The summed E-state index contributed by atoms with van der Waals surface area (Å²) in [6.45, 7) is 5.96. The van der Waals surface area contributed by atoms with E-state index in [1.807, 2.05) is 0 Å². The topological polar surface area (TPSA) is 63.6 Å². The SMILES string of the molecule is CC(=O)CC(C)(O)C(=O)OC(C)C. The molecular formula is C9H16O4. The molecule has 13 heavy (non-hydrogen) atoms. The molecule has 0 aliphatic carbocycles. The van der Waals surface area contributed by atoms with Crippen molar-refractivity contribution < 1.29 is 19.4 Å². The number of hydrogen-bond donors (Lipinski definition) is 1. The highest BCUT2D eigenvalue weighted by Gasteiger charge is 2.33. The molecular weight excluding hydrogens is 172 g/mol. The van der Waals surface area contributed by atoms with Crippen molar-refractivity contribution in [2.75, 3.05) is 0 Å². The smallest absolute Gasteiger partial charge is 0.338 e. The first-order chi connectivity index (χ1) is 5.75. The van der Waals surface area contributed by atoms with Gasteiger partial charge in [-0.1, -0.05) is 0 Å². The van der Waals surface area contributed by atoms with Crippen LogP contribution in [0.2, 0.25) is 0 Å². The van der Waals surface area contributed by atoms with Crippen LogP contribution in [0.1, 0.15) is 34.1 Å². The summed E-state index contributed by atoms with van der Waals surface area (Å²) in [6.07, 6.45) is -0.496. The Balaban J connectivity index is 4.27. The molecule has 0 amide bonds. The van der Waals surface area contributed by atoms with Gasteiger partial charge in [0.1, 0.15) is 5.78 Å². The summed E-state index contributed by atoms with van der Waals surface area (Å²) in [4.78, 5) is 21.9. The fourth-order valence-corrected chi connectivity index (χ4v) is 0.898. The van der Waals surface area contributed by atoms with Gasteiger partial charge in [0, 0.05) is 6.42 Å². The summed E-state index contributed by atoms with van der Waals surface area (Å²) in [6, 6.07) is 0. The van der Waals surface area contributed by atoms with Gasteiger partial charge < -0.3 is 9.84 Å². The predicted octanol–water partition coefficient (Wildman–Crippen LogP) is 0.668. The van der Waals surface area contributed by atoms with E-state index in [9.17, 15) is 14.7 Å². The Labute approximate surface area is 77.9 Å². The van der Waals surface area contributed by atoms with Gasteiger partial charge in [0.15, 0.2) is 5.60 Å². The van der Waals surface area contributed by atoms with Gasteiger partial charge in [0.2, 0.25) is 0 Å². The molecule has 1 N–H and O–H groups in total. The Kier molecular flexibility index (Phi) is 4.07. The highest BCUT2D eigenvalue weighted by Crippen LogP contribution is 2.13. The third-order valence-corrected chi connectivity index (χ3v) is 1.38. The largest absolute Gasteiger partial charge is 0.461 e. The minimum atomic E-state index is -1.70. The maximum Gasteiger partial charge on any atom is 0.338 e. The molecule has 0 bridgehead atoms. The number of Topliss-reactive ketones (excluding diaryl/α,β-unsaturated/α-hetero) is 1. The van der Waals surface area contributed by atoms with Gasteiger partial charge in [-0.25, -0.2) is 4.79 Å². The number of carbonyl (C=O) groups is 2. The van der Waals surface area contributed by atoms with E-state index < -0.39 is 11.6 Å². The standard InChI is InChI=1S/C9H16O4/c1-6(2)13-8(11)9(4,12)5-7(3)10/h6,12H,5H2,1-4H3. The molecule has 0 spiro atoms. The highest BCUT2D eigenvalue weighted by atomic mass is 16.6. The molecule has 0 heterocycles. The summed E-state index contributed by atoms with van der Waals surface area (Å²) in [5, 5.41) is 9.51. The van der Waals surface area contributed by atoms with Crippen LogP contribution < -0.4 is 0 Å². The Hall–Kier alpha value is -0.900. The second kappa shape index (κ2) is 4.37. The number of esters is 1. The predicted molar refractivity (Wildman–Crippen MR) is 47.1 cm³/mol. The lowest BCUT2D eigenvalue weighted by Gasteiger charge is -2.21. The van der Waals surface area contributed by atoms with Gasteiger partial charge in [0.25, 0.3) is 0 Å².